The molecule has 0 saturated carbocycles. The molecule has 2 heterocycles. The van der Waals surface area contributed by atoms with Gasteiger partial charge in [0.25, 0.3) is 0 Å². The van der Waals surface area contributed by atoms with Crippen LogP contribution in [0.2, 0.25) is 0 Å². The molecule has 1 aliphatic rings. The van der Waals surface area contributed by atoms with Crippen LogP contribution in [0.3, 0.4) is 0 Å². The second kappa shape index (κ2) is 6.15. The van der Waals surface area contributed by atoms with Crippen molar-refractivity contribution >= 4 is 5.91 Å². The minimum absolute atomic E-state index is 0.143. The lowest BCUT2D eigenvalue weighted by Gasteiger charge is -2.22. The summed E-state index contributed by atoms with van der Waals surface area (Å²) in [7, 11) is 1.86. The van der Waals surface area contributed by atoms with Gasteiger partial charge in [0.05, 0.1) is 11.8 Å². The van der Waals surface area contributed by atoms with E-state index in [4.69, 9.17) is 10.5 Å². The second-order valence-electron chi connectivity index (χ2n) is 6.74. The highest BCUT2D eigenvalue weighted by molar-refractivity contribution is 5.81. The monoisotopic (exact) mass is 294 g/mol. The van der Waals surface area contributed by atoms with E-state index in [1.165, 1.54) is 0 Å². The number of amides is 1. The third-order valence-corrected chi connectivity index (χ3v) is 3.74. The van der Waals surface area contributed by atoms with Crippen LogP contribution in [-0.2, 0) is 22.0 Å². The van der Waals surface area contributed by atoms with Gasteiger partial charge >= 0.3 is 0 Å². The summed E-state index contributed by atoms with van der Waals surface area (Å²) >= 11 is 0. The largest absolute Gasteiger partial charge is 0.377 e. The Bertz CT molecular complexity index is 498. The normalized spacial score (nSPS) is 20.7. The van der Waals surface area contributed by atoms with Crippen LogP contribution in [-0.4, -0.2) is 34.9 Å². The molecule has 6 heteroatoms. The Kier molecular flexibility index (Phi) is 4.68. The lowest BCUT2D eigenvalue weighted by Crippen LogP contribution is -2.38. The zero-order chi connectivity index (χ0) is 15.6. The third kappa shape index (κ3) is 3.83. The van der Waals surface area contributed by atoms with Crippen LogP contribution in [0.1, 0.15) is 50.9 Å². The molecule has 1 aromatic rings. The van der Waals surface area contributed by atoms with Crippen molar-refractivity contribution < 1.29 is 9.53 Å². The molecule has 2 atom stereocenters. The van der Waals surface area contributed by atoms with Crippen molar-refractivity contribution in [2.45, 2.75) is 51.2 Å². The quantitative estimate of drug-likeness (QED) is 0.849. The lowest BCUT2D eigenvalue weighted by molar-refractivity contribution is -0.120. The number of nitrogens with two attached hydrogens (primary N) is 1. The Labute approximate surface area is 126 Å². The van der Waals surface area contributed by atoms with Crippen molar-refractivity contribution in [3.63, 3.8) is 0 Å². The average molecular weight is 294 g/mol. The van der Waals surface area contributed by atoms with Crippen LogP contribution in [0.15, 0.2) is 6.20 Å². The molecule has 3 N–H and O–H groups in total. The highest BCUT2D eigenvalue weighted by Gasteiger charge is 2.30. The maximum atomic E-state index is 11.9. The maximum absolute atomic E-state index is 11.9. The number of nitrogens with one attached hydrogen (secondary N) is 1. The molecule has 0 aliphatic carbocycles. The van der Waals surface area contributed by atoms with Crippen molar-refractivity contribution in [2.75, 3.05) is 13.2 Å². The van der Waals surface area contributed by atoms with E-state index >= 15 is 0 Å². The third-order valence-electron chi connectivity index (χ3n) is 3.74. The minimum Gasteiger partial charge on any atom is -0.377 e. The Balaban J connectivity index is 2.19. The van der Waals surface area contributed by atoms with Crippen LogP contribution in [0.4, 0.5) is 0 Å². The van der Waals surface area contributed by atoms with E-state index in [2.05, 4.69) is 31.2 Å². The smallest absolute Gasteiger partial charge is 0.239 e. The van der Waals surface area contributed by atoms with Gasteiger partial charge in [0.2, 0.25) is 5.91 Å². The number of aromatic nitrogens is 2. The summed E-state index contributed by atoms with van der Waals surface area (Å²) in [6, 6.07) is -0.530. The number of hydrogen-bond acceptors (Lipinski definition) is 4. The summed E-state index contributed by atoms with van der Waals surface area (Å²) in [6.07, 6.45) is 4.14. The van der Waals surface area contributed by atoms with E-state index < -0.39 is 6.04 Å². The number of carbonyl (C=O) groups excluding carboxylic acids is 1. The Morgan fingerprint density at radius 1 is 1.62 bits per heavy atom. The van der Waals surface area contributed by atoms with Gasteiger partial charge in [-0.25, -0.2) is 0 Å². The molecule has 1 aromatic heterocycles. The zero-order valence-corrected chi connectivity index (χ0v) is 13.3. The summed E-state index contributed by atoms with van der Waals surface area (Å²) in [5, 5.41) is 7.75. The van der Waals surface area contributed by atoms with Gasteiger partial charge in [0.1, 0.15) is 6.04 Å². The van der Waals surface area contributed by atoms with Gasteiger partial charge in [-0.15, -0.1) is 0 Å². The SMILES string of the molecule is Cn1cc(C(NCC2CCCO2)C(N)=O)c(C(C)(C)C)n1. The fourth-order valence-corrected chi connectivity index (χ4v) is 2.72. The summed E-state index contributed by atoms with van der Waals surface area (Å²) in [6.45, 7) is 7.67. The first-order chi connectivity index (χ1) is 9.79. The molecule has 0 bridgehead atoms. The molecule has 1 aliphatic heterocycles. The van der Waals surface area contributed by atoms with Crippen LogP contribution < -0.4 is 11.1 Å². The molecule has 1 saturated heterocycles. The Morgan fingerprint density at radius 3 is 2.86 bits per heavy atom. The van der Waals surface area contributed by atoms with E-state index in [9.17, 15) is 4.79 Å². The number of nitrogens with zero attached hydrogens (tertiary/aromatic N) is 2. The number of carbonyl (C=O) groups is 1. The Morgan fingerprint density at radius 2 is 2.33 bits per heavy atom. The van der Waals surface area contributed by atoms with E-state index in [0.29, 0.717) is 6.54 Å². The summed E-state index contributed by atoms with van der Waals surface area (Å²) in [5.41, 5.74) is 7.21. The van der Waals surface area contributed by atoms with Crippen molar-refractivity contribution in [1.82, 2.24) is 15.1 Å². The second-order valence-corrected chi connectivity index (χ2v) is 6.74. The zero-order valence-electron chi connectivity index (χ0n) is 13.3. The van der Waals surface area contributed by atoms with Crippen LogP contribution >= 0.6 is 0 Å². The first-order valence-corrected chi connectivity index (χ1v) is 7.47. The summed E-state index contributed by atoms with van der Waals surface area (Å²) in [4.78, 5) is 11.9. The number of aryl methyl sites for hydroxylation is 1. The predicted molar refractivity (Wildman–Crippen MR) is 80.8 cm³/mol. The maximum Gasteiger partial charge on any atom is 0.239 e. The lowest BCUT2D eigenvalue weighted by atomic mass is 9.87. The fourth-order valence-electron chi connectivity index (χ4n) is 2.72. The van der Waals surface area contributed by atoms with Gasteiger partial charge in [-0.1, -0.05) is 20.8 Å². The average Bonchev–Trinajstić information content (AvgIpc) is 2.98. The molecular weight excluding hydrogens is 268 g/mol. The molecule has 118 valence electrons. The molecule has 2 rings (SSSR count). The van der Waals surface area contributed by atoms with Gasteiger partial charge in [0, 0.05) is 37.4 Å². The molecule has 2 unspecified atom stereocenters. The summed E-state index contributed by atoms with van der Waals surface area (Å²) in [5.74, 6) is -0.383. The summed E-state index contributed by atoms with van der Waals surface area (Å²) < 4.78 is 7.32. The molecule has 0 aromatic carbocycles. The molecule has 6 nitrogen and oxygen atoms in total. The molecule has 0 spiro atoms. The first-order valence-electron chi connectivity index (χ1n) is 7.47. The molecular formula is C15H26N4O2. The van der Waals surface area contributed by atoms with Crippen molar-refractivity contribution in [1.29, 1.82) is 0 Å². The molecule has 1 amide bonds. The highest BCUT2D eigenvalue weighted by Crippen LogP contribution is 2.28. The minimum atomic E-state index is -0.530. The predicted octanol–water partition coefficient (Wildman–Crippen LogP) is 1.01. The van der Waals surface area contributed by atoms with E-state index in [1.54, 1.807) is 4.68 Å². The highest BCUT2D eigenvalue weighted by atomic mass is 16.5. The van der Waals surface area contributed by atoms with Crippen LogP contribution in [0.25, 0.3) is 0 Å². The number of hydrogen-bond donors (Lipinski definition) is 2. The first kappa shape index (κ1) is 16.0. The van der Waals surface area contributed by atoms with Gasteiger partial charge in [-0.05, 0) is 12.8 Å². The van der Waals surface area contributed by atoms with Crippen molar-refractivity contribution in [2.24, 2.45) is 12.8 Å². The van der Waals surface area contributed by atoms with Crippen LogP contribution in [0.5, 0.6) is 0 Å². The van der Waals surface area contributed by atoms with Gasteiger partial charge < -0.3 is 10.5 Å². The van der Waals surface area contributed by atoms with E-state index in [-0.39, 0.29) is 17.4 Å². The molecule has 1 fully saturated rings. The van der Waals surface area contributed by atoms with Crippen molar-refractivity contribution in [3.05, 3.63) is 17.5 Å². The molecule has 0 radical (unpaired) electrons. The van der Waals surface area contributed by atoms with Gasteiger partial charge in [0.15, 0.2) is 0 Å². The van der Waals surface area contributed by atoms with Gasteiger partial charge in [-0.3, -0.25) is 14.8 Å². The van der Waals surface area contributed by atoms with Gasteiger partial charge in [-0.2, -0.15) is 5.10 Å². The van der Waals surface area contributed by atoms with E-state index in [0.717, 1.165) is 30.7 Å². The standard InChI is InChI=1S/C15H26N4O2/c1-15(2,3)13-11(9-19(4)18-13)12(14(16)20)17-8-10-6-5-7-21-10/h9-10,12,17H,5-8H2,1-4H3,(H2,16,20). The number of ether oxygens (including phenoxy) is 1. The fraction of sp³-hybridized carbons (Fsp3) is 0.733. The van der Waals surface area contributed by atoms with Crippen molar-refractivity contribution in [3.8, 4) is 0 Å². The number of rotatable bonds is 5. The van der Waals surface area contributed by atoms with E-state index in [1.807, 2.05) is 13.2 Å². The molecule has 21 heavy (non-hydrogen) atoms. The van der Waals surface area contributed by atoms with Crippen LogP contribution in [0, 0.1) is 0 Å². The Hall–Kier alpha value is -1.40. The number of primary amides is 1. The topological polar surface area (TPSA) is 82.2 Å².